The van der Waals surface area contributed by atoms with Gasteiger partial charge in [0.1, 0.15) is 0 Å². The van der Waals surface area contributed by atoms with Crippen LogP contribution in [-0.2, 0) is 9.59 Å². The standard InChI is InChI=1S/C20H27N3O2S/c1-19(2,3)11-16(24)23-18-22-15(12-26-18)13-7-9-14(10-8-13)21-17(25)20(4,5)6/h7-10,12H,11H2,1-6H3,(H,21,25)(H,22,23,24). The summed E-state index contributed by atoms with van der Waals surface area (Å²) in [5.41, 5.74) is 1.99. The molecule has 1 aromatic carbocycles. The number of nitrogens with one attached hydrogen (secondary N) is 2. The number of rotatable bonds is 4. The van der Waals surface area contributed by atoms with Crippen LogP contribution in [0.4, 0.5) is 10.8 Å². The molecule has 26 heavy (non-hydrogen) atoms. The summed E-state index contributed by atoms with van der Waals surface area (Å²) >= 11 is 1.40. The van der Waals surface area contributed by atoms with Crippen LogP contribution in [0.3, 0.4) is 0 Å². The van der Waals surface area contributed by atoms with Crippen LogP contribution >= 0.6 is 11.3 Å². The predicted octanol–water partition coefficient (Wildman–Crippen LogP) is 5.17. The van der Waals surface area contributed by atoms with Crippen molar-refractivity contribution < 1.29 is 9.59 Å². The lowest BCUT2D eigenvalue weighted by Crippen LogP contribution is -2.27. The lowest BCUT2D eigenvalue weighted by atomic mass is 9.92. The first-order valence-electron chi connectivity index (χ1n) is 8.61. The Morgan fingerprint density at radius 3 is 2.15 bits per heavy atom. The third-order valence-corrected chi connectivity index (χ3v) is 4.32. The van der Waals surface area contributed by atoms with E-state index in [9.17, 15) is 9.59 Å². The molecular formula is C20H27N3O2S. The first-order chi connectivity index (χ1) is 11.9. The largest absolute Gasteiger partial charge is 0.326 e. The molecule has 2 aromatic rings. The second-order valence-corrected chi connectivity index (χ2v) is 9.46. The molecule has 0 aliphatic heterocycles. The van der Waals surface area contributed by atoms with Crippen molar-refractivity contribution >= 4 is 34.0 Å². The summed E-state index contributed by atoms with van der Waals surface area (Å²) < 4.78 is 0. The van der Waals surface area contributed by atoms with Crippen LogP contribution in [0.25, 0.3) is 11.3 Å². The van der Waals surface area contributed by atoms with E-state index in [2.05, 4.69) is 15.6 Å². The Kier molecular flexibility index (Phi) is 5.86. The van der Waals surface area contributed by atoms with Crippen molar-refractivity contribution in [2.24, 2.45) is 10.8 Å². The van der Waals surface area contributed by atoms with Gasteiger partial charge in [0.05, 0.1) is 5.69 Å². The highest BCUT2D eigenvalue weighted by Gasteiger charge is 2.21. The Morgan fingerprint density at radius 1 is 1.00 bits per heavy atom. The first kappa shape index (κ1) is 20.1. The molecule has 140 valence electrons. The van der Waals surface area contributed by atoms with Gasteiger partial charge in [-0.1, -0.05) is 53.7 Å². The van der Waals surface area contributed by atoms with Gasteiger partial charge in [0, 0.05) is 28.5 Å². The van der Waals surface area contributed by atoms with E-state index in [1.54, 1.807) is 0 Å². The average molecular weight is 374 g/mol. The van der Waals surface area contributed by atoms with Crippen LogP contribution in [0.15, 0.2) is 29.6 Å². The molecule has 1 aromatic heterocycles. The maximum absolute atomic E-state index is 12.0. The molecule has 0 fully saturated rings. The van der Waals surface area contributed by atoms with Gasteiger partial charge in [0.15, 0.2) is 5.13 Å². The van der Waals surface area contributed by atoms with Crippen molar-refractivity contribution in [1.29, 1.82) is 0 Å². The Labute approximate surface area is 159 Å². The van der Waals surface area contributed by atoms with E-state index in [1.807, 2.05) is 71.2 Å². The number of benzene rings is 1. The van der Waals surface area contributed by atoms with Gasteiger partial charge in [-0.2, -0.15) is 0 Å². The molecule has 0 aliphatic carbocycles. The smallest absolute Gasteiger partial charge is 0.229 e. The summed E-state index contributed by atoms with van der Waals surface area (Å²) in [4.78, 5) is 28.5. The van der Waals surface area contributed by atoms with E-state index >= 15 is 0 Å². The first-order valence-corrected chi connectivity index (χ1v) is 9.49. The Balaban J connectivity index is 2.03. The number of nitrogens with zero attached hydrogens (tertiary/aromatic N) is 1. The van der Waals surface area contributed by atoms with Crippen molar-refractivity contribution in [3.8, 4) is 11.3 Å². The molecule has 2 N–H and O–H groups in total. The fourth-order valence-corrected chi connectivity index (χ4v) is 2.89. The van der Waals surface area contributed by atoms with Crippen LogP contribution in [0.1, 0.15) is 48.0 Å². The summed E-state index contributed by atoms with van der Waals surface area (Å²) in [6.07, 6.45) is 0.448. The Hall–Kier alpha value is -2.21. The maximum Gasteiger partial charge on any atom is 0.229 e. The van der Waals surface area contributed by atoms with Crippen LogP contribution in [0.2, 0.25) is 0 Å². The zero-order chi connectivity index (χ0) is 19.5. The number of hydrogen-bond donors (Lipinski definition) is 2. The van der Waals surface area contributed by atoms with Gasteiger partial charge in [-0.15, -0.1) is 11.3 Å². The van der Waals surface area contributed by atoms with E-state index in [4.69, 9.17) is 0 Å². The molecule has 0 saturated heterocycles. The topological polar surface area (TPSA) is 71.1 Å². The molecule has 1 heterocycles. The van der Waals surface area contributed by atoms with E-state index in [1.165, 1.54) is 11.3 Å². The van der Waals surface area contributed by atoms with Gasteiger partial charge < -0.3 is 10.6 Å². The normalized spacial score (nSPS) is 11.9. The third kappa shape index (κ3) is 5.95. The summed E-state index contributed by atoms with van der Waals surface area (Å²) in [5.74, 6) is -0.0543. The fraction of sp³-hybridized carbons (Fsp3) is 0.450. The zero-order valence-corrected chi connectivity index (χ0v) is 17.1. The molecule has 0 spiro atoms. The monoisotopic (exact) mass is 373 g/mol. The number of thiazole rings is 1. The van der Waals surface area contributed by atoms with Crippen molar-refractivity contribution in [3.63, 3.8) is 0 Å². The highest BCUT2D eigenvalue weighted by atomic mass is 32.1. The number of hydrogen-bond acceptors (Lipinski definition) is 4. The molecule has 6 heteroatoms. The second kappa shape index (κ2) is 7.58. The van der Waals surface area contributed by atoms with Crippen molar-refractivity contribution in [1.82, 2.24) is 4.98 Å². The van der Waals surface area contributed by atoms with Crippen LogP contribution in [-0.4, -0.2) is 16.8 Å². The van der Waals surface area contributed by atoms with Gasteiger partial charge in [0.2, 0.25) is 11.8 Å². The van der Waals surface area contributed by atoms with Gasteiger partial charge in [-0.25, -0.2) is 4.98 Å². The Morgan fingerprint density at radius 2 is 1.62 bits per heavy atom. The molecule has 5 nitrogen and oxygen atoms in total. The summed E-state index contributed by atoms with van der Waals surface area (Å²) in [5, 5.41) is 8.26. The molecule has 0 atom stereocenters. The van der Waals surface area contributed by atoms with E-state index in [0.717, 1.165) is 16.9 Å². The molecular weight excluding hydrogens is 346 g/mol. The molecule has 0 radical (unpaired) electrons. The predicted molar refractivity (Wildman–Crippen MR) is 108 cm³/mol. The van der Waals surface area contributed by atoms with Crippen LogP contribution in [0, 0.1) is 10.8 Å². The van der Waals surface area contributed by atoms with Crippen molar-refractivity contribution in [2.75, 3.05) is 10.6 Å². The lowest BCUT2D eigenvalue weighted by molar-refractivity contribution is -0.123. The van der Waals surface area contributed by atoms with Crippen molar-refractivity contribution in [3.05, 3.63) is 29.6 Å². The third-order valence-electron chi connectivity index (χ3n) is 3.56. The Bertz CT molecular complexity index is 781. The molecule has 0 unspecified atom stereocenters. The zero-order valence-electron chi connectivity index (χ0n) is 16.3. The molecule has 0 bridgehead atoms. The molecule has 2 amide bonds. The maximum atomic E-state index is 12.0. The lowest BCUT2D eigenvalue weighted by Gasteiger charge is -2.17. The highest BCUT2D eigenvalue weighted by molar-refractivity contribution is 7.14. The van der Waals surface area contributed by atoms with E-state index < -0.39 is 5.41 Å². The summed E-state index contributed by atoms with van der Waals surface area (Å²) in [6.45, 7) is 11.7. The minimum atomic E-state index is -0.437. The van der Waals surface area contributed by atoms with Crippen LogP contribution < -0.4 is 10.6 Å². The van der Waals surface area contributed by atoms with Gasteiger partial charge in [-0.3, -0.25) is 9.59 Å². The molecule has 2 rings (SSSR count). The fourth-order valence-electron chi connectivity index (χ4n) is 2.15. The molecule has 0 aliphatic rings. The van der Waals surface area contributed by atoms with Gasteiger partial charge in [-0.05, 0) is 17.5 Å². The van der Waals surface area contributed by atoms with Crippen LogP contribution in [0.5, 0.6) is 0 Å². The second-order valence-electron chi connectivity index (χ2n) is 8.60. The number of aromatic nitrogens is 1. The number of anilines is 2. The average Bonchev–Trinajstić information content (AvgIpc) is 2.93. The minimum absolute atomic E-state index is 0.0252. The van der Waals surface area contributed by atoms with Gasteiger partial charge in [0.25, 0.3) is 0 Å². The van der Waals surface area contributed by atoms with Gasteiger partial charge >= 0.3 is 0 Å². The number of carbonyl (C=O) groups is 2. The van der Waals surface area contributed by atoms with Crippen molar-refractivity contribution in [2.45, 2.75) is 48.0 Å². The number of carbonyl (C=O) groups excluding carboxylic acids is 2. The highest BCUT2D eigenvalue weighted by Crippen LogP contribution is 2.27. The SMILES string of the molecule is CC(C)(C)CC(=O)Nc1nc(-c2ccc(NC(=O)C(C)(C)C)cc2)cs1. The number of amides is 2. The quantitative estimate of drug-likeness (QED) is 0.777. The molecule has 0 saturated carbocycles. The summed E-state index contributed by atoms with van der Waals surface area (Å²) in [6, 6.07) is 7.54. The van der Waals surface area contributed by atoms with E-state index in [0.29, 0.717) is 11.6 Å². The minimum Gasteiger partial charge on any atom is -0.326 e. The summed E-state index contributed by atoms with van der Waals surface area (Å²) in [7, 11) is 0. The van der Waals surface area contributed by atoms with E-state index in [-0.39, 0.29) is 17.2 Å².